The minimum Gasteiger partial charge on any atom is -0.494 e. The lowest BCUT2D eigenvalue weighted by atomic mass is 9.90. The number of H-pyrrole nitrogens is 1. The van der Waals surface area contributed by atoms with Gasteiger partial charge < -0.3 is 10.4 Å². The molecule has 1 aliphatic heterocycles. The standard InChI is InChI=1S/C19H16FN3O2S/c20-13-7-3-4-8-14(13)23-18(25)15(17(24)22-19(23)26)16-12-6-2-1-5-11(12)9-10-21-16/h1-8,16,21,25H,9-10H2,(H,22,24,26). The fourth-order valence-corrected chi connectivity index (χ4v) is 3.69. The van der Waals surface area contributed by atoms with E-state index in [1.165, 1.54) is 12.1 Å². The molecular formula is C19H16FN3O2S. The molecule has 5 nitrogen and oxygen atoms in total. The zero-order valence-corrected chi connectivity index (χ0v) is 14.5. The number of nitrogens with zero attached hydrogens (tertiary/aromatic N) is 1. The summed E-state index contributed by atoms with van der Waals surface area (Å²) >= 11 is 5.17. The van der Waals surface area contributed by atoms with E-state index in [1.54, 1.807) is 12.1 Å². The van der Waals surface area contributed by atoms with E-state index in [-0.39, 0.29) is 21.9 Å². The van der Waals surface area contributed by atoms with Gasteiger partial charge in [0.15, 0.2) is 4.77 Å². The highest BCUT2D eigenvalue weighted by Gasteiger charge is 2.28. The first kappa shape index (κ1) is 16.7. The zero-order valence-electron chi connectivity index (χ0n) is 13.7. The van der Waals surface area contributed by atoms with E-state index < -0.39 is 17.4 Å². The first-order chi connectivity index (χ1) is 12.6. The summed E-state index contributed by atoms with van der Waals surface area (Å²) in [5.74, 6) is -0.910. The third-order valence-electron chi connectivity index (χ3n) is 4.61. The fourth-order valence-electron chi connectivity index (χ4n) is 3.42. The summed E-state index contributed by atoms with van der Waals surface area (Å²) in [5, 5.41) is 14.1. The molecule has 7 heteroatoms. The molecule has 0 bridgehead atoms. The number of halogens is 1. The summed E-state index contributed by atoms with van der Waals surface area (Å²) in [4.78, 5) is 15.2. The Morgan fingerprint density at radius 2 is 1.88 bits per heavy atom. The number of hydrogen-bond acceptors (Lipinski definition) is 4. The van der Waals surface area contributed by atoms with Gasteiger partial charge in [0.05, 0.1) is 17.3 Å². The van der Waals surface area contributed by atoms with Gasteiger partial charge >= 0.3 is 0 Å². The number of aromatic amines is 1. The van der Waals surface area contributed by atoms with Crippen LogP contribution in [0.4, 0.5) is 4.39 Å². The minimum atomic E-state index is -0.547. The third kappa shape index (κ3) is 2.65. The smallest absolute Gasteiger partial charge is 0.260 e. The highest BCUT2D eigenvalue weighted by molar-refractivity contribution is 7.71. The molecule has 1 aromatic heterocycles. The Balaban J connectivity index is 1.98. The van der Waals surface area contributed by atoms with Crippen molar-refractivity contribution in [1.82, 2.24) is 14.9 Å². The molecule has 0 fully saturated rings. The number of para-hydroxylation sites is 1. The van der Waals surface area contributed by atoms with Gasteiger partial charge in [-0.25, -0.2) is 4.39 Å². The van der Waals surface area contributed by atoms with Gasteiger partial charge in [-0.15, -0.1) is 0 Å². The molecule has 0 radical (unpaired) electrons. The molecule has 0 aliphatic carbocycles. The van der Waals surface area contributed by atoms with Gasteiger partial charge in [-0.05, 0) is 41.9 Å². The lowest BCUT2D eigenvalue weighted by Crippen LogP contribution is -2.35. The van der Waals surface area contributed by atoms with Crippen LogP contribution in [-0.4, -0.2) is 21.2 Å². The van der Waals surface area contributed by atoms with Crippen LogP contribution in [0.2, 0.25) is 0 Å². The summed E-state index contributed by atoms with van der Waals surface area (Å²) in [6.45, 7) is 0.663. The van der Waals surface area contributed by atoms with Crippen LogP contribution in [0.25, 0.3) is 5.69 Å². The maximum atomic E-state index is 14.3. The predicted molar refractivity (Wildman–Crippen MR) is 98.8 cm³/mol. The molecule has 0 amide bonds. The van der Waals surface area contributed by atoms with Gasteiger partial charge in [-0.2, -0.15) is 0 Å². The van der Waals surface area contributed by atoms with E-state index in [0.29, 0.717) is 6.54 Å². The van der Waals surface area contributed by atoms with Crippen molar-refractivity contribution in [2.45, 2.75) is 12.5 Å². The molecule has 3 N–H and O–H groups in total. The van der Waals surface area contributed by atoms with Gasteiger partial charge in [-0.3, -0.25) is 14.3 Å². The maximum Gasteiger partial charge on any atom is 0.260 e. The van der Waals surface area contributed by atoms with Crippen molar-refractivity contribution in [3.63, 3.8) is 0 Å². The molecule has 3 aromatic rings. The van der Waals surface area contributed by atoms with E-state index in [9.17, 15) is 14.3 Å². The van der Waals surface area contributed by atoms with E-state index in [0.717, 1.165) is 22.1 Å². The van der Waals surface area contributed by atoms with E-state index in [1.807, 2.05) is 24.3 Å². The van der Waals surface area contributed by atoms with Crippen LogP contribution >= 0.6 is 12.2 Å². The molecule has 132 valence electrons. The molecule has 1 atom stereocenters. The minimum absolute atomic E-state index is 0.0644. The van der Waals surface area contributed by atoms with Gasteiger partial charge in [0.1, 0.15) is 5.82 Å². The maximum absolute atomic E-state index is 14.3. The Morgan fingerprint density at radius 1 is 1.15 bits per heavy atom. The molecule has 0 saturated heterocycles. The number of benzene rings is 2. The fraction of sp³-hybridized carbons (Fsp3) is 0.158. The number of aromatic nitrogens is 2. The second-order valence-electron chi connectivity index (χ2n) is 6.12. The third-order valence-corrected chi connectivity index (χ3v) is 4.90. The van der Waals surface area contributed by atoms with E-state index in [2.05, 4.69) is 10.3 Å². The van der Waals surface area contributed by atoms with Gasteiger partial charge in [-0.1, -0.05) is 36.4 Å². The Kier molecular flexibility index (Phi) is 4.18. The zero-order chi connectivity index (χ0) is 18.3. The number of nitrogens with one attached hydrogen (secondary N) is 2. The van der Waals surface area contributed by atoms with Crippen molar-refractivity contribution in [2.75, 3.05) is 6.54 Å². The lowest BCUT2D eigenvalue weighted by molar-refractivity contribution is 0.410. The van der Waals surface area contributed by atoms with Crippen LogP contribution in [0.5, 0.6) is 5.88 Å². The first-order valence-corrected chi connectivity index (χ1v) is 8.63. The Bertz CT molecular complexity index is 1110. The Morgan fingerprint density at radius 3 is 2.69 bits per heavy atom. The van der Waals surface area contributed by atoms with Crippen molar-refractivity contribution >= 4 is 12.2 Å². The number of hydrogen-bond donors (Lipinski definition) is 3. The highest BCUT2D eigenvalue weighted by Crippen LogP contribution is 2.32. The molecular weight excluding hydrogens is 353 g/mol. The van der Waals surface area contributed by atoms with Gasteiger partial charge in [0, 0.05) is 6.54 Å². The van der Waals surface area contributed by atoms with E-state index in [4.69, 9.17) is 12.2 Å². The quantitative estimate of drug-likeness (QED) is 0.608. The van der Waals surface area contributed by atoms with Crippen molar-refractivity contribution < 1.29 is 9.50 Å². The summed E-state index contributed by atoms with van der Waals surface area (Å²) in [7, 11) is 0. The molecule has 1 unspecified atom stereocenters. The second kappa shape index (κ2) is 6.51. The SMILES string of the molecule is O=c1[nH]c(=S)n(-c2ccccc2F)c(O)c1C1NCCc2ccccc21. The normalized spacial score (nSPS) is 16.3. The van der Waals surface area contributed by atoms with Crippen molar-refractivity contribution in [1.29, 1.82) is 0 Å². The number of fused-ring (bicyclic) bond motifs is 1. The summed E-state index contributed by atoms with van der Waals surface area (Å²) in [5.41, 5.74) is 1.73. The van der Waals surface area contributed by atoms with Crippen LogP contribution in [-0.2, 0) is 6.42 Å². The summed E-state index contributed by atoms with van der Waals surface area (Å²) in [6, 6.07) is 13.2. The van der Waals surface area contributed by atoms with Crippen LogP contribution in [0.1, 0.15) is 22.7 Å². The predicted octanol–water partition coefficient (Wildman–Crippen LogP) is 2.97. The number of rotatable bonds is 2. The Labute approximate surface area is 153 Å². The molecule has 4 rings (SSSR count). The summed E-state index contributed by atoms with van der Waals surface area (Å²) in [6.07, 6.45) is 0.831. The average Bonchev–Trinajstić information content (AvgIpc) is 2.63. The molecule has 1 aliphatic rings. The highest BCUT2D eigenvalue weighted by atomic mass is 32.1. The van der Waals surface area contributed by atoms with E-state index >= 15 is 0 Å². The molecule has 2 aromatic carbocycles. The van der Waals surface area contributed by atoms with Gasteiger partial charge in [0.25, 0.3) is 5.56 Å². The van der Waals surface area contributed by atoms with Crippen molar-refractivity contribution in [3.8, 4) is 11.6 Å². The largest absolute Gasteiger partial charge is 0.494 e. The topological polar surface area (TPSA) is 70.0 Å². The molecule has 26 heavy (non-hydrogen) atoms. The first-order valence-electron chi connectivity index (χ1n) is 8.22. The van der Waals surface area contributed by atoms with Crippen LogP contribution < -0.4 is 10.9 Å². The molecule has 0 spiro atoms. The second-order valence-corrected chi connectivity index (χ2v) is 6.51. The Hall–Kier alpha value is -2.77. The van der Waals surface area contributed by atoms with Crippen LogP contribution in [0.3, 0.4) is 0 Å². The van der Waals surface area contributed by atoms with Crippen LogP contribution in [0, 0.1) is 10.6 Å². The average molecular weight is 369 g/mol. The van der Waals surface area contributed by atoms with Crippen LogP contribution in [0.15, 0.2) is 53.3 Å². The number of aromatic hydroxyl groups is 1. The summed E-state index contributed by atoms with van der Waals surface area (Å²) < 4.78 is 15.4. The van der Waals surface area contributed by atoms with Crippen molar-refractivity contribution in [3.05, 3.63) is 86.2 Å². The van der Waals surface area contributed by atoms with Crippen molar-refractivity contribution in [2.24, 2.45) is 0 Å². The van der Waals surface area contributed by atoms with Gasteiger partial charge in [0.2, 0.25) is 5.88 Å². The lowest BCUT2D eigenvalue weighted by Gasteiger charge is -2.27. The molecule has 2 heterocycles. The monoisotopic (exact) mass is 369 g/mol. The molecule has 0 saturated carbocycles.